The van der Waals surface area contributed by atoms with E-state index in [4.69, 9.17) is 10.7 Å². The Morgan fingerprint density at radius 3 is 2.29 bits per heavy atom. The number of anilines is 1. The Kier molecular flexibility index (Phi) is 7.09. The molecule has 1 aliphatic carbocycles. The quantitative estimate of drug-likeness (QED) is 0.350. The summed E-state index contributed by atoms with van der Waals surface area (Å²) in [4.78, 5) is 18.3. The van der Waals surface area contributed by atoms with Crippen LogP contribution in [0.5, 0.6) is 0 Å². The molecule has 5 rings (SSSR count). The number of hydrogen-bond acceptors (Lipinski definition) is 4. The number of hydrogen-bond donors (Lipinski definition) is 3. The van der Waals surface area contributed by atoms with Gasteiger partial charge in [-0.3, -0.25) is 9.20 Å². The topological polar surface area (TPSA) is 84.5 Å². The van der Waals surface area contributed by atoms with E-state index in [1.54, 1.807) is 0 Å². The summed E-state index contributed by atoms with van der Waals surface area (Å²) >= 11 is 0. The Labute approximate surface area is 206 Å². The van der Waals surface area contributed by atoms with E-state index in [1.165, 1.54) is 11.1 Å². The molecule has 35 heavy (non-hydrogen) atoms. The van der Waals surface area contributed by atoms with Crippen molar-refractivity contribution in [3.8, 4) is 0 Å². The monoisotopic (exact) mass is 467 g/mol. The zero-order valence-corrected chi connectivity index (χ0v) is 20.0. The average Bonchev–Trinajstić information content (AvgIpc) is 3.26. The molecule has 0 unspecified atom stereocenters. The molecule has 0 atom stereocenters. The number of pyridine rings is 1. The first-order valence-corrected chi connectivity index (χ1v) is 12.6. The first kappa shape index (κ1) is 23.1. The third kappa shape index (κ3) is 5.54. The molecule has 4 aromatic rings. The lowest BCUT2D eigenvalue weighted by Gasteiger charge is -2.26. The molecule has 2 aromatic heterocycles. The van der Waals surface area contributed by atoms with Crippen LogP contribution in [0.15, 0.2) is 79.0 Å². The molecule has 1 fully saturated rings. The third-order valence-corrected chi connectivity index (χ3v) is 6.87. The maximum absolute atomic E-state index is 13.3. The van der Waals surface area contributed by atoms with Crippen molar-refractivity contribution in [1.82, 2.24) is 14.7 Å². The Hall–Kier alpha value is -3.64. The minimum Gasteiger partial charge on any atom is -0.366 e. The van der Waals surface area contributed by atoms with Crippen molar-refractivity contribution in [3.05, 3.63) is 101 Å². The zero-order chi connectivity index (χ0) is 24.0. The molecule has 6 nitrogen and oxygen atoms in total. The molecule has 6 heteroatoms. The molecule has 0 spiro atoms. The molecular formula is C29H33N5O. The summed E-state index contributed by atoms with van der Waals surface area (Å²) in [6.07, 6.45) is 7.41. The molecule has 0 aliphatic heterocycles. The van der Waals surface area contributed by atoms with Gasteiger partial charge in [0.1, 0.15) is 5.82 Å². The van der Waals surface area contributed by atoms with Crippen LogP contribution in [0.25, 0.3) is 5.65 Å². The van der Waals surface area contributed by atoms with Crippen LogP contribution in [-0.4, -0.2) is 27.4 Å². The van der Waals surface area contributed by atoms with Gasteiger partial charge < -0.3 is 16.4 Å². The van der Waals surface area contributed by atoms with E-state index in [1.807, 2.05) is 47.0 Å². The van der Waals surface area contributed by atoms with Gasteiger partial charge in [-0.05, 0) is 61.8 Å². The Morgan fingerprint density at radius 2 is 1.57 bits per heavy atom. The smallest absolute Gasteiger partial charge is 0.255 e. The molecule has 2 heterocycles. The number of aromatic nitrogens is 2. The predicted octanol–water partition coefficient (Wildman–Crippen LogP) is 4.73. The van der Waals surface area contributed by atoms with Crippen LogP contribution < -0.4 is 16.4 Å². The van der Waals surface area contributed by atoms with Gasteiger partial charge in [-0.15, -0.1) is 0 Å². The summed E-state index contributed by atoms with van der Waals surface area (Å²) in [6.45, 7) is 0.686. The SMILES string of the molecule is NC1CCC(NC(=O)c2cccn3c(NCc4ccccc4)c(CCc4ccccc4)nc23)CC1. The van der Waals surface area contributed by atoms with Gasteiger partial charge in [-0.1, -0.05) is 60.7 Å². The predicted molar refractivity (Wildman–Crippen MR) is 141 cm³/mol. The summed E-state index contributed by atoms with van der Waals surface area (Å²) in [5.41, 5.74) is 10.8. The number of aryl methyl sites for hydroxylation is 2. The van der Waals surface area contributed by atoms with Crippen LogP contribution in [-0.2, 0) is 19.4 Å². The van der Waals surface area contributed by atoms with Gasteiger partial charge in [0, 0.05) is 24.8 Å². The van der Waals surface area contributed by atoms with Crippen molar-refractivity contribution in [2.45, 2.75) is 57.2 Å². The Morgan fingerprint density at radius 1 is 0.886 bits per heavy atom. The molecule has 1 saturated carbocycles. The summed E-state index contributed by atoms with van der Waals surface area (Å²) in [5.74, 6) is 0.878. The fraction of sp³-hybridized carbons (Fsp3) is 0.310. The van der Waals surface area contributed by atoms with Crippen LogP contribution in [0.4, 0.5) is 5.82 Å². The Bertz CT molecular complexity index is 1260. The average molecular weight is 468 g/mol. The third-order valence-electron chi connectivity index (χ3n) is 6.87. The van der Waals surface area contributed by atoms with Crippen LogP contribution in [0, 0.1) is 0 Å². The molecular weight excluding hydrogens is 434 g/mol. The van der Waals surface area contributed by atoms with Crippen molar-refractivity contribution >= 4 is 17.4 Å². The van der Waals surface area contributed by atoms with E-state index >= 15 is 0 Å². The summed E-state index contributed by atoms with van der Waals surface area (Å²) in [6, 6.07) is 25.0. The number of imidazole rings is 1. The van der Waals surface area contributed by atoms with Gasteiger partial charge in [0.25, 0.3) is 5.91 Å². The fourth-order valence-corrected chi connectivity index (χ4v) is 4.87. The number of fused-ring (bicyclic) bond motifs is 1. The number of benzene rings is 2. The number of nitrogens with one attached hydrogen (secondary N) is 2. The molecule has 2 aromatic carbocycles. The van der Waals surface area contributed by atoms with Gasteiger partial charge in [-0.2, -0.15) is 0 Å². The molecule has 1 aliphatic rings. The number of nitrogens with two attached hydrogens (primary N) is 1. The number of carbonyl (C=O) groups excluding carboxylic acids is 1. The lowest BCUT2D eigenvalue weighted by atomic mass is 9.91. The molecule has 0 saturated heterocycles. The second-order valence-electron chi connectivity index (χ2n) is 9.43. The normalized spacial score (nSPS) is 17.9. The lowest BCUT2D eigenvalue weighted by Crippen LogP contribution is -2.40. The van der Waals surface area contributed by atoms with Gasteiger partial charge in [0.15, 0.2) is 5.65 Å². The van der Waals surface area contributed by atoms with E-state index in [0.29, 0.717) is 17.8 Å². The number of rotatable bonds is 8. The van der Waals surface area contributed by atoms with Crippen molar-refractivity contribution in [3.63, 3.8) is 0 Å². The van der Waals surface area contributed by atoms with E-state index in [9.17, 15) is 4.79 Å². The van der Waals surface area contributed by atoms with Crippen molar-refractivity contribution in [1.29, 1.82) is 0 Å². The second kappa shape index (κ2) is 10.7. The molecule has 1 amide bonds. The van der Waals surface area contributed by atoms with E-state index in [0.717, 1.165) is 50.0 Å². The second-order valence-corrected chi connectivity index (χ2v) is 9.43. The van der Waals surface area contributed by atoms with Crippen molar-refractivity contribution in [2.24, 2.45) is 5.73 Å². The van der Waals surface area contributed by atoms with Crippen LogP contribution in [0.3, 0.4) is 0 Å². The summed E-state index contributed by atoms with van der Waals surface area (Å²) in [7, 11) is 0. The van der Waals surface area contributed by atoms with Gasteiger partial charge in [0.05, 0.1) is 11.3 Å². The zero-order valence-electron chi connectivity index (χ0n) is 20.0. The van der Waals surface area contributed by atoms with Crippen LogP contribution >= 0.6 is 0 Å². The van der Waals surface area contributed by atoms with Gasteiger partial charge in [-0.25, -0.2) is 4.98 Å². The minimum absolute atomic E-state index is 0.0645. The first-order valence-electron chi connectivity index (χ1n) is 12.6. The summed E-state index contributed by atoms with van der Waals surface area (Å²) < 4.78 is 2.02. The molecule has 180 valence electrons. The highest BCUT2D eigenvalue weighted by Gasteiger charge is 2.23. The van der Waals surface area contributed by atoms with E-state index in [-0.39, 0.29) is 18.0 Å². The molecule has 0 radical (unpaired) electrons. The van der Waals surface area contributed by atoms with Crippen molar-refractivity contribution < 1.29 is 4.79 Å². The Balaban J connectivity index is 1.43. The maximum atomic E-state index is 13.3. The summed E-state index contributed by atoms with van der Waals surface area (Å²) in [5, 5.41) is 6.82. The molecule has 0 bridgehead atoms. The highest BCUT2D eigenvalue weighted by molar-refractivity contribution is 6.00. The maximum Gasteiger partial charge on any atom is 0.255 e. The highest BCUT2D eigenvalue weighted by Crippen LogP contribution is 2.24. The fourth-order valence-electron chi connectivity index (χ4n) is 4.87. The van der Waals surface area contributed by atoms with Gasteiger partial charge >= 0.3 is 0 Å². The first-order chi connectivity index (χ1) is 17.2. The molecule has 4 N–H and O–H groups in total. The number of amides is 1. The number of carbonyl (C=O) groups is 1. The minimum atomic E-state index is -0.0645. The van der Waals surface area contributed by atoms with Crippen LogP contribution in [0.1, 0.15) is 52.9 Å². The van der Waals surface area contributed by atoms with Crippen LogP contribution in [0.2, 0.25) is 0 Å². The highest BCUT2D eigenvalue weighted by atomic mass is 16.1. The van der Waals surface area contributed by atoms with Gasteiger partial charge in [0.2, 0.25) is 0 Å². The van der Waals surface area contributed by atoms with E-state index < -0.39 is 0 Å². The standard InChI is InChI=1S/C29H33N5O/c30-23-14-16-24(17-15-23)32-29(35)25-12-7-19-34-27(25)33-26(18-13-21-8-3-1-4-9-21)28(34)31-20-22-10-5-2-6-11-22/h1-12,19,23-24,31H,13-18,20,30H2,(H,32,35). The van der Waals surface area contributed by atoms with E-state index in [2.05, 4.69) is 47.0 Å². The number of nitrogens with zero attached hydrogens (tertiary/aromatic N) is 2. The largest absolute Gasteiger partial charge is 0.366 e. The lowest BCUT2D eigenvalue weighted by molar-refractivity contribution is 0.0927. The van der Waals surface area contributed by atoms with Crippen molar-refractivity contribution in [2.75, 3.05) is 5.32 Å².